The van der Waals surface area contributed by atoms with Crippen molar-refractivity contribution >= 4 is 31.4 Å². The van der Waals surface area contributed by atoms with Crippen LogP contribution in [0.25, 0.3) is 0 Å². The van der Waals surface area contributed by atoms with E-state index >= 15 is 0 Å². The highest BCUT2D eigenvalue weighted by Gasteiger charge is 2.21. The van der Waals surface area contributed by atoms with Crippen LogP contribution in [0.5, 0.6) is 5.75 Å². The van der Waals surface area contributed by atoms with Crippen LogP contribution in [-0.4, -0.2) is 23.4 Å². The maximum Gasteiger partial charge on any atom is 0.261 e. The van der Waals surface area contributed by atoms with Gasteiger partial charge in [0.2, 0.25) is 0 Å². The first-order valence-electron chi connectivity index (χ1n) is 12.1. The van der Waals surface area contributed by atoms with Gasteiger partial charge in [-0.25, -0.2) is 16.8 Å². The Morgan fingerprint density at radius 2 is 1.19 bits per heavy atom. The van der Waals surface area contributed by atoms with Gasteiger partial charge in [0.1, 0.15) is 5.75 Å². The van der Waals surface area contributed by atoms with Crippen LogP contribution in [0.2, 0.25) is 0 Å². The third kappa shape index (κ3) is 6.59. The summed E-state index contributed by atoms with van der Waals surface area (Å²) in [6.07, 6.45) is 5.85. The molecule has 3 aromatic rings. The van der Waals surface area contributed by atoms with Crippen molar-refractivity contribution in [3.63, 3.8) is 0 Å². The highest BCUT2D eigenvalue weighted by molar-refractivity contribution is 7.93. The first-order valence-corrected chi connectivity index (χ1v) is 15.0. The largest absolute Gasteiger partial charge is 0.493 e. The lowest BCUT2D eigenvalue weighted by molar-refractivity contribution is 0.209. The van der Waals surface area contributed by atoms with Gasteiger partial charge in [0.25, 0.3) is 20.0 Å². The van der Waals surface area contributed by atoms with Crippen molar-refractivity contribution in [2.24, 2.45) is 5.92 Å². The predicted octanol–water partition coefficient (Wildman–Crippen LogP) is 5.86. The lowest BCUT2D eigenvalue weighted by atomic mass is 9.90. The minimum absolute atomic E-state index is 0.0777. The van der Waals surface area contributed by atoms with E-state index in [0.717, 1.165) is 24.0 Å². The average molecular weight is 529 g/mol. The molecule has 0 aromatic heterocycles. The third-order valence-corrected chi connectivity index (χ3v) is 9.12. The van der Waals surface area contributed by atoms with Crippen LogP contribution in [0, 0.1) is 19.8 Å². The summed E-state index contributed by atoms with van der Waals surface area (Å²) in [4.78, 5) is 0.159. The number of hydrogen-bond acceptors (Lipinski definition) is 5. The monoisotopic (exact) mass is 528 g/mol. The van der Waals surface area contributed by atoms with Gasteiger partial charge in [-0.3, -0.25) is 9.44 Å². The number of aryl methyl sites for hydroxylation is 2. The van der Waals surface area contributed by atoms with Gasteiger partial charge in [-0.2, -0.15) is 0 Å². The minimum Gasteiger partial charge on any atom is -0.493 e. The Hall–Kier alpha value is -3.04. The van der Waals surface area contributed by atoms with Crippen molar-refractivity contribution in [1.82, 2.24) is 0 Å². The van der Waals surface area contributed by atoms with Gasteiger partial charge in [0, 0.05) is 6.07 Å². The standard InChI is InChI=1S/C27H32N2O5S2/c1-20-8-13-24(14-9-20)35(30,31)28-26-17-12-23(34-19-22-6-4-3-5-7-22)18-27(26)29-36(32,33)25-15-10-21(2)11-16-25/h8-18,22,28-29H,3-7,19H2,1-2H3. The van der Waals surface area contributed by atoms with Crippen molar-refractivity contribution in [3.8, 4) is 5.75 Å². The summed E-state index contributed by atoms with van der Waals surface area (Å²) in [5.74, 6) is 0.937. The maximum atomic E-state index is 13.1. The molecule has 4 rings (SSSR count). The van der Waals surface area contributed by atoms with Gasteiger partial charge < -0.3 is 4.74 Å². The molecule has 0 heterocycles. The molecular formula is C27H32N2O5S2. The molecule has 2 N–H and O–H groups in total. The van der Waals surface area contributed by atoms with Crippen LogP contribution in [0.3, 0.4) is 0 Å². The van der Waals surface area contributed by atoms with Gasteiger partial charge >= 0.3 is 0 Å². The van der Waals surface area contributed by atoms with E-state index < -0.39 is 20.0 Å². The van der Waals surface area contributed by atoms with Gasteiger partial charge in [0.15, 0.2) is 0 Å². The molecule has 9 heteroatoms. The first kappa shape index (κ1) is 26.0. The summed E-state index contributed by atoms with van der Waals surface area (Å²) in [6, 6.07) is 17.6. The Morgan fingerprint density at radius 3 is 1.72 bits per heavy atom. The molecule has 3 aromatic carbocycles. The Kier molecular flexibility index (Phi) is 7.90. The average Bonchev–Trinajstić information content (AvgIpc) is 2.85. The lowest BCUT2D eigenvalue weighted by Crippen LogP contribution is -2.18. The van der Waals surface area contributed by atoms with Crippen LogP contribution >= 0.6 is 0 Å². The van der Waals surface area contributed by atoms with E-state index in [2.05, 4.69) is 9.44 Å². The van der Waals surface area contributed by atoms with Gasteiger partial charge in [0.05, 0.1) is 27.8 Å². The van der Waals surface area contributed by atoms with Crippen molar-refractivity contribution < 1.29 is 21.6 Å². The molecule has 0 aliphatic heterocycles. The Bertz CT molecular complexity index is 1400. The summed E-state index contributed by atoms with van der Waals surface area (Å²) >= 11 is 0. The number of anilines is 2. The Morgan fingerprint density at radius 1 is 0.694 bits per heavy atom. The van der Waals surface area contributed by atoms with Crippen LogP contribution in [0.1, 0.15) is 43.2 Å². The number of nitrogens with one attached hydrogen (secondary N) is 2. The van der Waals surface area contributed by atoms with E-state index in [4.69, 9.17) is 4.74 Å². The second kappa shape index (κ2) is 10.9. The second-order valence-corrected chi connectivity index (χ2v) is 12.7. The molecule has 192 valence electrons. The van der Waals surface area contributed by atoms with Crippen molar-refractivity contribution in [2.75, 3.05) is 16.1 Å². The zero-order valence-corrected chi connectivity index (χ0v) is 22.2. The highest BCUT2D eigenvalue weighted by atomic mass is 32.2. The van der Waals surface area contributed by atoms with Crippen LogP contribution in [0.4, 0.5) is 11.4 Å². The van der Waals surface area contributed by atoms with E-state index in [0.29, 0.717) is 18.3 Å². The topological polar surface area (TPSA) is 102 Å². The summed E-state index contributed by atoms with van der Waals surface area (Å²) < 4.78 is 63.4. The summed E-state index contributed by atoms with van der Waals surface area (Å²) in [6.45, 7) is 4.28. The molecule has 1 aliphatic carbocycles. The quantitative estimate of drug-likeness (QED) is 0.362. The molecule has 7 nitrogen and oxygen atoms in total. The van der Waals surface area contributed by atoms with E-state index in [9.17, 15) is 16.8 Å². The second-order valence-electron chi connectivity index (χ2n) is 9.36. The van der Waals surface area contributed by atoms with E-state index in [1.807, 2.05) is 13.8 Å². The number of rotatable bonds is 9. The van der Waals surface area contributed by atoms with E-state index in [1.54, 1.807) is 30.3 Å². The van der Waals surface area contributed by atoms with Crippen molar-refractivity contribution in [2.45, 2.75) is 55.7 Å². The highest BCUT2D eigenvalue weighted by Crippen LogP contribution is 2.32. The van der Waals surface area contributed by atoms with Crippen molar-refractivity contribution in [3.05, 3.63) is 77.9 Å². The molecule has 1 fully saturated rings. The van der Waals surface area contributed by atoms with Gasteiger partial charge in [-0.15, -0.1) is 0 Å². The number of sulfonamides is 2. The predicted molar refractivity (Wildman–Crippen MR) is 142 cm³/mol. The fraction of sp³-hybridized carbons (Fsp3) is 0.333. The summed E-state index contributed by atoms with van der Waals surface area (Å²) in [5, 5.41) is 0. The molecule has 0 bridgehead atoms. The molecule has 0 spiro atoms. The smallest absolute Gasteiger partial charge is 0.261 e. The zero-order chi connectivity index (χ0) is 25.8. The molecular weight excluding hydrogens is 496 g/mol. The fourth-order valence-corrected chi connectivity index (χ4v) is 6.35. The van der Waals surface area contributed by atoms with E-state index in [1.165, 1.54) is 55.7 Å². The normalized spacial score (nSPS) is 14.8. The van der Waals surface area contributed by atoms with Gasteiger partial charge in [-0.1, -0.05) is 54.7 Å². The SMILES string of the molecule is Cc1ccc(S(=O)(=O)Nc2ccc(OCC3CCCCC3)cc2NS(=O)(=O)c2ccc(C)cc2)cc1. The Balaban J connectivity index is 1.63. The van der Waals surface area contributed by atoms with Crippen LogP contribution in [-0.2, 0) is 20.0 Å². The van der Waals surface area contributed by atoms with Crippen LogP contribution in [0.15, 0.2) is 76.5 Å². The molecule has 0 atom stereocenters. The zero-order valence-electron chi connectivity index (χ0n) is 20.5. The Labute approximate surface area is 214 Å². The molecule has 0 saturated heterocycles. The fourth-order valence-electron chi connectivity index (χ4n) is 4.20. The van der Waals surface area contributed by atoms with E-state index in [-0.39, 0.29) is 21.2 Å². The van der Waals surface area contributed by atoms with Crippen molar-refractivity contribution in [1.29, 1.82) is 0 Å². The summed E-state index contributed by atoms with van der Waals surface area (Å²) in [7, 11) is -7.92. The number of ether oxygens (including phenoxy) is 1. The third-order valence-electron chi connectivity index (χ3n) is 6.35. The number of hydrogen-bond donors (Lipinski definition) is 2. The van der Waals surface area contributed by atoms with Crippen LogP contribution < -0.4 is 14.2 Å². The molecule has 36 heavy (non-hydrogen) atoms. The molecule has 1 saturated carbocycles. The van der Waals surface area contributed by atoms with Gasteiger partial charge in [-0.05, 0) is 69.0 Å². The number of benzene rings is 3. The molecule has 1 aliphatic rings. The maximum absolute atomic E-state index is 13.1. The minimum atomic E-state index is -3.97. The molecule has 0 amide bonds. The molecule has 0 unspecified atom stereocenters. The first-order chi connectivity index (χ1) is 17.1. The lowest BCUT2D eigenvalue weighted by Gasteiger charge is -2.22. The molecule has 0 radical (unpaired) electrons. The summed E-state index contributed by atoms with van der Waals surface area (Å²) in [5.41, 5.74) is 2.06.